The van der Waals surface area contributed by atoms with E-state index >= 15 is 0 Å². The molecule has 0 N–H and O–H groups in total. The second-order valence-corrected chi connectivity index (χ2v) is 16.7. The number of para-hydroxylation sites is 3. The molecule has 264 valence electrons. The minimum absolute atomic E-state index is 0. The Morgan fingerprint density at radius 2 is 1.40 bits per heavy atom. The van der Waals surface area contributed by atoms with Gasteiger partial charge in [-0.2, -0.15) is 37.1 Å². The van der Waals surface area contributed by atoms with Crippen molar-refractivity contribution in [1.82, 2.24) is 9.47 Å². The van der Waals surface area contributed by atoms with Crippen molar-refractivity contribution in [2.24, 2.45) is 0 Å². The Labute approximate surface area is 323 Å². The van der Waals surface area contributed by atoms with Crippen LogP contribution in [0, 0.1) is 25.5 Å². The Balaban J connectivity index is 0.00000387. The summed E-state index contributed by atoms with van der Waals surface area (Å²) in [5.74, 6) is 0. The van der Waals surface area contributed by atoms with E-state index in [1.54, 1.807) is 0 Å². The van der Waals surface area contributed by atoms with Crippen molar-refractivity contribution < 1.29 is 21.1 Å². The maximum Gasteiger partial charge on any atom is 4.00 e. The molecule has 0 saturated carbocycles. The zero-order chi connectivity index (χ0) is 35.6. The standard InChI is InChI=1S/C46H45N5.Pt/c1-44(2,3)30-17-19-39-36(26-30)35-13-12-14-37-43(35)51(39)40-20-18-33(50-29-48(9)41-15-10-11-16-42(41)50)27-38(40)46(37,7)32-23-31(45(4,5)6)24-34(25-32)49-22-21-47(8)28-49;/h10-24,26,28-29H,1-9H3;/q-4;+4. The van der Waals surface area contributed by atoms with Gasteiger partial charge in [-0.15, -0.1) is 40.7 Å². The largest absolute Gasteiger partial charge is 4.00 e. The first kappa shape index (κ1) is 34.6. The van der Waals surface area contributed by atoms with Crippen molar-refractivity contribution in [3.05, 3.63) is 151 Å². The van der Waals surface area contributed by atoms with Gasteiger partial charge in [-0.1, -0.05) is 90.6 Å². The summed E-state index contributed by atoms with van der Waals surface area (Å²) in [6.07, 6.45) is 4.20. The predicted octanol–water partition coefficient (Wildman–Crippen LogP) is 10.7. The van der Waals surface area contributed by atoms with Crippen molar-refractivity contribution in [2.45, 2.75) is 64.7 Å². The summed E-state index contributed by atoms with van der Waals surface area (Å²) in [7, 11) is 4.18. The predicted molar refractivity (Wildman–Crippen MR) is 213 cm³/mol. The first-order chi connectivity index (χ1) is 24.2. The fourth-order valence-electron chi connectivity index (χ4n) is 8.23. The van der Waals surface area contributed by atoms with E-state index in [9.17, 15) is 0 Å². The van der Waals surface area contributed by atoms with Gasteiger partial charge in [-0.05, 0) is 72.7 Å². The maximum atomic E-state index is 4.07. The second-order valence-electron chi connectivity index (χ2n) is 16.7. The molecule has 0 saturated heterocycles. The molecule has 5 aromatic carbocycles. The number of anilines is 4. The average molecular weight is 863 g/mol. The second kappa shape index (κ2) is 11.8. The van der Waals surface area contributed by atoms with Gasteiger partial charge in [0.25, 0.3) is 0 Å². The van der Waals surface area contributed by atoms with E-state index in [1.165, 1.54) is 44.2 Å². The van der Waals surface area contributed by atoms with Crippen LogP contribution in [0.1, 0.15) is 76.3 Å². The van der Waals surface area contributed by atoms with Gasteiger partial charge in [0.15, 0.2) is 0 Å². The number of rotatable bonds is 3. The zero-order valence-electron chi connectivity index (χ0n) is 31.4. The maximum absolute atomic E-state index is 4.07. The van der Waals surface area contributed by atoms with E-state index in [0.717, 1.165) is 33.9 Å². The van der Waals surface area contributed by atoms with Gasteiger partial charge in [0.2, 0.25) is 0 Å². The van der Waals surface area contributed by atoms with E-state index in [0.29, 0.717) is 0 Å². The Bertz CT molecular complexity index is 2420. The Kier molecular flexibility index (Phi) is 7.83. The van der Waals surface area contributed by atoms with Crippen LogP contribution in [0.25, 0.3) is 27.5 Å². The molecular formula is C46H45N5Pt. The molecule has 5 nitrogen and oxygen atoms in total. The van der Waals surface area contributed by atoms with Crippen LogP contribution in [-0.2, 0) is 37.3 Å². The molecule has 0 fully saturated rings. The molecular weight excluding hydrogens is 818 g/mol. The molecule has 1 atom stereocenters. The van der Waals surface area contributed by atoms with Crippen molar-refractivity contribution in [3.63, 3.8) is 0 Å². The van der Waals surface area contributed by atoms with Crippen LogP contribution in [0.3, 0.4) is 0 Å². The van der Waals surface area contributed by atoms with Gasteiger partial charge < -0.3 is 24.2 Å². The minimum Gasteiger partial charge on any atom is -0.510 e. The molecule has 1 unspecified atom stereocenters. The fourth-order valence-corrected chi connectivity index (χ4v) is 8.23. The van der Waals surface area contributed by atoms with Crippen LogP contribution >= 0.6 is 0 Å². The van der Waals surface area contributed by atoms with Crippen LogP contribution in [0.2, 0.25) is 0 Å². The van der Waals surface area contributed by atoms with Crippen LogP contribution < -0.4 is 14.7 Å². The molecule has 3 aliphatic rings. The zero-order valence-corrected chi connectivity index (χ0v) is 33.7. The van der Waals surface area contributed by atoms with Gasteiger partial charge in [-0.3, -0.25) is 0 Å². The Morgan fingerprint density at radius 1 is 0.654 bits per heavy atom. The molecule has 0 bridgehead atoms. The molecule has 9 rings (SSSR count). The average Bonchev–Trinajstić information content (AvgIpc) is 3.79. The van der Waals surface area contributed by atoms with Crippen molar-refractivity contribution >= 4 is 44.6 Å². The third-order valence-electron chi connectivity index (χ3n) is 11.2. The SMILES string of the molecule is CN1C=CN(c2[c-]c(C3(C)c4[c-]c(N5[CH-]N(C)c6ccccc65)ccc4-n4c5ccc(C(C)(C)C)cc5c5cccc3c54)cc(C(C)(C)C)c2)[CH-]1.[Pt+4]. The summed E-state index contributed by atoms with van der Waals surface area (Å²) < 4.78 is 2.50. The van der Waals surface area contributed by atoms with E-state index in [-0.39, 0.29) is 31.9 Å². The molecule has 0 aliphatic carbocycles. The van der Waals surface area contributed by atoms with Gasteiger partial charge in [-0.25, -0.2) is 0 Å². The number of aromatic nitrogens is 1. The first-order valence-corrected chi connectivity index (χ1v) is 18.0. The van der Waals surface area contributed by atoms with Gasteiger partial charge in [0.05, 0.1) is 0 Å². The van der Waals surface area contributed by atoms with Crippen LogP contribution in [0.5, 0.6) is 0 Å². The van der Waals surface area contributed by atoms with Crippen molar-refractivity contribution in [2.75, 3.05) is 28.8 Å². The minimum atomic E-state index is -0.571. The summed E-state index contributed by atoms with van der Waals surface area (Å²) in [4.78, 5) is 8.73. The monoisotopic (exact) mass is 862 g/mol. The smallest absolute Gasteiger partial charge is 0.510 e. The molecule has 4 heterocycles. The molecule has 52 heavy (non-hydrogen) atoms. The van der Waals surface area contributed by atoms with Crippen LogP contribution in [0.15, 0.2) is 97.3 Å². The molecule has 3 aliphatic heterocycles. The molecule has 0 spiro atoms. The molecule has 6 heteroatoms. The Morgan fingerprint density at radius 3 is 2.12 bits per heavy atom. The summed E-state index contributed by atoms with van der Waals surface area (Å²) in [5, 5.41) is 2.57. The quantitative estimate of drug-likeness (QED) is 0.165. The molecule has 0 radical (unpaired) electrons. The van der Waals surface area contributed by atoms with Gasteiger partial charge in [0.1, 0.15) is 0 Å². The summed E-state index contributed by atoms with van der Waals surface area (Å²) in [6.45, 7) is 20.5. The third kappa shape index (κ3) is 5.06. The van der Waals surface area contributed by atoms with Crippen LogP contribution in [0.4, 0.5) is 22.7 Å². The van der Waals surface area contributed by atoms with Crippen molar-refractivity contribution in [1.29, 1.82) is 0 Å². The summed E-state index contributed by atoms with van der Waals surface area (Å²) >= 11 is 0. The Hall–Kier alpha value is -4.47. The number of benzene rings is 5. The van der Waals surface area contributed by atoms with Crippen molar-refractivity contribution in [3.8, 4) is 5.69 Å². The first-order valence-electron chi connectivity index (χ1n) is 18.0. The van der Waals surface area contributed by atoms with E-state index < -0.39 is 5.41 Å². The fraction of sp³-hybridized carbons (Fsp3) is 0.261. The summed E-state index contributed by atoms with van der Waals surface area (Å²) in [6, 6.07) is 39.8. The van der Waals surface area contributed by atoms with Gasteiger partial charge >= 0.3 is 21.1 Å². The molecule has 0 amide bonds. The van der Waals surface area contributed by atoms with Gasteiger partial charge in [0, 0.05) is 38.6 Å². The summed E-state index contributed by atoms with van der Waals surface area (Å²) in [5.41, 5.74) is 13.6. The number of hydrogen-bond acceptors (Lipinski definition) is 4. The number of fused-ring (bicyclic) bond motifs is 6. The number of nitrogens with zero attached hydrogens (tertiary/aromatic N) is 5. The van der Waals surface area contributed by atoms with E-state index in [2.05, 4.69) is 210 Å². The molecule has 1 aromatic heterocycles. The van der Waals surface area contributed by atoms with E-state index in [1.807, 2.05) is 0 Å². The third-order valence-corrected chi connectivity index (χ3v) is 11.2. The topological polar surface area (TPSA) is 17.9 Å². The number of hydrogen-bond donors (Lipinski definition) is 0. The molecule has 6 aromatic rings. The van der Waals surface area contributed by atoms with E-state index in [4.69, 9.17) is 0 Å². The normalized spacial score (nSPS) is 18.0. The van der Waals surface area contributed by atoms with Crippen LogP contribution in [-0.4, -0.2) is 23.6 Å².